The van der Waals surface area contributed by atoms with Crippen molar-refractivity contribution in [2.75, 3.05) is 38.0 Å². The number of aromatic nitrogens is 5. The van der Waals surface area contributed by atoms with Gasteiger partial charge in [-0.3, -0.25) is 14.3 Å². The van der Waals surface area contributed by atoms with Crippen LogP contribution in [0.2, 0.25) is 5.02 Å². The predicted octanol–water partition coefficient (Wildman–Crippen LogP) is 4.15. The van der Waals surface area contributed by atoms with E-state index in [-0.39, 0.29) is 45.7 Å². The summed E-state index contributed by atoms with van der Waals surface area (Å²) in [5.74, 6) is 0.630. The minimum Gasteiger partial charge on any atom is -0.434 e. The fourth-order valence-corrected chi connectivity index (χ4v) is 6.23. The average molecular weight is 613 g/mol. The fraction of sp³-hybridized carbons (Fsp3) is 0.414. The third kappa shape index (κ3) is 6.18. The summed E-state index contributed by atoms with van der Waals surface area (Å²) < 4.78 is 34.1. The lowest BCUT2D eigenvalue weighted by atomic mass is 10.0. The van der Waals surface area contributed by atoms with Crippen LogP contribution in [0.25, 0.3) is 16.9 Å². The van der Waals surface area contributed by atoms with E-state index in [2.05, 4.69) is 39.2 Å². The van der Waals surface area contributed by atoms with Gasteiger partial charge in [0, 0.05) is 61.9 Å². The second kappa shape index (κ2) is 11.9. The summed E-state index contributed by atoms with van der Waals surface area (Å²) in [5.41, 5.74) is 0.956. The number of hydrogen-bond acceptors (Lipinski definition) is 7. The molecule has 226 valence electrons. The van der Waals surface area contributed by atoms with Gasteiger partial charge >= 0.3 is 6.61 Å². The largest absolute Gasteiger partial charge is 0.434 e. The summed E-state index contributed by atoms with van der Waals surface area (Å²) in [7, 11) is 0. The van der Waals surface area contributed by atoms with Crippen molar-refractivity contribution in [2.45, 2.75) is 27.0 Å². The van der Waals surface area contributed by atoms with Crippen LogP contribution < -0.4 is 10.1 Å². The number of carbonyl (C=O) groups is 2. The highest BCUT2D eigenvalue weighted by atomic mass is 35.5. The number of amides is 2. The number of rotatable bonds is 9. The van der Waals surface area contributed by atoms with E-state index < -0.39 is 12.5 Å². The van der Waals surface area contributed by atoms with Crippen molar-refractivity contribution >= 4 is 34.7 Å². The summed E-state index contributed by atoms with van der Waals surface area (Å²) >= 11 is 6.22. The molecule has 2 atom stereocenters. The number of halogens is 3. The molecule has 11 nitrogen and oxygen atoms in total. The maximum absolute atomic E-state index is 13.4. The van der Waals surface area contributed by atoms with Crippen LogP contribution in [0, 0.1) is 17.8 Å². The third-order valence-corrected chi connectivity index (χ3v) is 8.02. The molecule has 2 saturated heterocycles. The zero-order valence-electron chi connectivity index (χ0n) is 23.7. The van der Waals surface area contributed by atoms with Crippen LogP contribution in [0.4, 0.5) is 14.5 Å². The molecule has 0 aliphatic carbocycles. The van der Waals surface area contributed by atoms with Crippen LogP contribution >= 0.6 is 11.6 Å². The van der Waals surface area contributed by atoms with Gasteiger partial charge in [-0.25, -0.2) is 9.50 Å². The second-order valence-corrected chi connectivity index (χ2v) is 11.9. The molecule has 2 aliphatic rings. The number of nitrogens with one attached hydrogen (secondary N) is 1. The first kappa shape index (κ1) is 29.0. The quantitative estimate of drug-likeness (QED) is 0.302. The number of anilines is 1. The van der Waals surface area contributed by atoms with Gasteiger partial charge in [0.15, 0.2) is 5.65 Å². The summed E-state index contributed by atoms with van der Waals surface area (Å²) in [6.07, 6.45) is 6.07. The molecule has 43 heavy (non-hydrogen) atoms. The molecule has 4 aromatic rings. The maximum Gasteiger partial charge on any atom is 0.387 e. The van der Waals surface area contributed by atoms with Crippen molar-refractivity contribution in [3.8, 4) is 17.0 Å². The van der Waals surface area contributed by atoms with Crippen molar-refractivity contribution in [3.63, 3.8) is 0 Å². The Morgan fingerprint density at radius 3 is 2.65 bits per heavy atom. The van der Waals surface area contributed by atoms with Crippen molar-refractivity contribution in [3.05, 3.63) is 59.6 Å². The molecule has 3 aromatic heterocycles. The molecule has 5 heterocycles. The number of benzene rings is 1. The average Bonchev–Trinajstić information content (AvgIpc) is 3.71. The van der Waals surface area contributed by atoms with E-state index >= 15 is 0 Å². The molecule has 0 spiro atoms. The van der Waals surface area contributed by atoms with E-state index in [1.54, 1.807) is 12.3 Å². The van der Waals surface area contributed by atoms with E-state index in [0.29, 0.717) is 36.5 Å². The zero-order chi connectivity index (χ0) is 30.2. The van der Waals surface area contributed by atoms with Crippen LogP contribution in [0.1, 0.15) is 24.2 Å². The smallest absolute Gasteiger partial charge is 0.387 e. The van der Waals surface area contributed by atoms with E-state index in [1.165, 1.54) is 46.0 Å². The molecular weight excluding hydrogens is 582 g/mol. The molecule has 0 radical (unpaired) electrons. The van der Waals surface area contributed by atoms with Crippen LogP contribution in [0.5, 0.6) is 5.75 Å². The number of nitrogens with zero attached hydrogens (tertiary/aromatic N) is 7. The molecule has 0 saturated carbocycles. The Bertz CT molecular complexity index is 1640. The third-order valence-electron chi connectivity index (χ3n) is 7.78. The van der Waals surface area contributed by atoms with E-state index in [9.17, 15) is 18.4 Å². The molecule has 1 aromatic carbocycles. The monoisotopic (exact) mass is 612 g/mol. The lowest BCUT2D eigenvalue weighted by Crippen LogP contribution is -2.36. The van der Waals surface area contributed by atoms with Crippen molar-refractivity contribution in [2.24, 2.45) is 17.8 Å². The number of likely N-dealkylation sites (tertiary alicyclic amines) is 2. The van der Waals surface area contributed by atoms with Crippen LogP contribution in [-0.4, -0.2) is 85.3 Å². The minimum absolute atomic E-state index is 0.0953. The maximum atomic E-state index is 13.4. The van der Waals surface area contributed by atoms with Gasteiger partial charge in [-0.1, -0.05) is 25.4 Å². The standard InChI is InChI=1S/C29H31ClF2N8O3/c1-17(2)10-37-11-18-13-38(14-19(18)12-37)25(41)16-39-15-23(35-28(42)22-9-34-40-7-3-6-33-27(22)40)26(36-39)21-8-20(30)4-5-24(21)43-29(31)32/h3-9,15,17-19,29H,10-14,16H2,1-2H3,(H,35,42)/t18-,19+. The van der Waals surface area contributed by atoms with Gasteiger partial charge in [-0.15, -0.1) is 0 Å². The molecule has 0 unspecified atom stereocenters. The summed E-state index contributed by atoms with van der Waals surface area (Å²) in [6, 6.07) is 5.82. The molecule has 2 amide bonds. The van der Waals surface area contributed by atoms with Gasteiger partial charge in [-0.2, -0.15) is 19.0 Å². The molecule has 0 bridgehead atoms. The highest BCUT2D eigenvalue weighted by molar-refractivity contribution is 6.31. The Kier molecular flexibility index (Phi) is 8.01. The highest BCUT2D eigenvalue weighted by Gasteiger charge is 2.41. The fourth-order valence-electron chi connectivity index (χ4n) is 6.05. The van der Waals surface area contributed by atoms with Crippen LogP contribution in [-0.2, 0) is 11.3 Å². The molecule has 6 rings (SSSR count). The lowest BCUT2D eigenvalue weighted by molar-refractivity contribution is -0.131. The lowest BCUT2D eigenvalue weighted by Gasteiger charge is -2.22. The number of hydrogen-bond donors (Lipinski definition) is 1. The minimum atomic E-state index is -3.10. The Morgan fingerprint density at radius 2 is 1.93 bits per heavy atom. The topological polar surface area (TPSA) is 110 Å². The van der Waals surface area contributed by atoms with Crippen molar-refractivity contribution in [1.82, 2.24) is 34.2 Å². The number of carbonyl (C=O) groups excluding carboxylic acids is 2. The van der Waals surface area contributed by atoms with Gasteiger partial charge in [0.25, 0.3) is 5.91 Å². The van der Waals surface area contributed by atoms with Gasteiger partial charge in [0.2, 0.25) is 5.91 Å². The first-order valence-corrected chi connectivity index (χ1v) is 14.4. The van der Waals surface area contributed by atoms with Gasteiger partial charge in [0.1, 0.15) is 23.6 Å². The van der Waals surface area contributed by atoms with Crippen LogP contribution in [0.3, 0.4) is 0 Å². The zero-order valence-corrected chi connectivity index (χ0v) is 24.4. The van der Waals surface area contributed by atoms with E-state index in [1.807, 2.05) is 4.90 Å². The highest BCUT2D eigenvalue weighted by Crippen LogP contribution is 2.37. The van der Waals surface area contributed by atoms with Crippen molar-refractivity contribution in [1.29, 1.82) is 0 Å². The van der Waals surface area contributed by atoms with E-state index in [4.69, 9.17) is 16.3 Å². The number of ether oxygens (including phenoxy) is 1. The normalized spacial score (nSPS) is 18.6. The van der Waals surface area contributed by atoms with Gasteiger partial charge < -0.3 is 19.9 Å². The second-order valence-electron chi connectivity index (χ2n) is 11.4. The first-order valence-electron chi connectivity index (χ1n) is 14.1. The SMILES string of the molecule is CC(C)CN1C[C@@H]2CN(C(=O)Cn3cc(NC(=O)c4cnn5cccnc45)c(-c4cc(Cl)ccc4OC(F)F)n3)C[C@@H]2C1. The summed E-state index contributed by atoms with van der Waals surface area (Å²) in [4.78, 5) is 35.3. The Morgan fingerprint density at radius 1 is 1.16 bits per heavy atom. The summed E-state index contributed by atoms with van der Waals surface area (Å²) in [5, 5.41) is 11.7. The Balaban J connectivity index is 1.26. The summed E-state index contributed by atoms with van der Waals surface area (Å²) in [6.45, 7) is 5.59. The molecule has 1 N–H and O–H groups in total. The number of fused-ring (bicyclic) bond motifs is 2. The predicted molar refractivity (Wildman–Crippen MR) is 155 cm³/mol. The molecule has 2 aliphatic heterocycles. The van der Waals surface area contributed by atoms with Crippen LogP contribution in [0.15, 0.2) is 49.1 Å². The Labute approximate surface area is 251 Å². The first-order chi connectivity index (χ1) is 20.6. The van der Waals surface area contributed by atoms with Crippen molar-refractivity contribution < 1.29 is 23.1 Å². The molecule has 2 fully saturated rings. The van der Waals surface area contributed by atoms with Gasteiger partial charge in [0.05, 0.1) is 11.9 Å². The van der Waals surface area contributed by atoms with E-state index in [0.717, 1.165) is 19.6 Å². The Hall–Kier alpha value is -4.10. The molecular formula is C29H31ClF2N8O3. The molecule has 14 heteroatoms. The van der Waals surface area contributed by atoms with Gasteiger partial charge in [-0.05, 0) is 42.0 Å². The number of alkyl halides is 2.